The van der Waals surface area contributed by atoms with E-state index in [0.29, 0.717) is 5.02 Å². The molecule has 8 heteroatoms. The smallest absolute Gasteiger partial charge is 0.244 e. The summed E-state index contributed by atoms with van der Waals surface area (Å²) in [7, 11) is -3.84. The highest BCUT2D eigenvalue weighted by atomic mass is 35.5. The zero-order valence-corrected chi connectivity index (χ0v) is 12.4. The summed E-state index contributed by atoms with van der Waals surface area (Å²) >= 11 is 5.82. The molecule has 1 amide bonds. The average Bonchev–Trinajstić information content (AvgIpc) is 2.38. The summed E-state index contributed by atoms with van der Waals surface area (Å²) in [6, 6.07) is 4.87. The molecule has 2 atom stereocenters. The molecule has 2 rings (SSSR count). The number of halogens is 1. The Bertz CT molecular complexity index is 620. The first-order chi connectivity index (χ1) is 9.34. The summed E-state index contributed by atoms with van der Waals surface area (Å²) in [6.07, 6.45) is -0.588. The fraction of sp³-hybridized carbons (Fsp3) is 0.417. The third-order valence-corrected chi connectivity index (χ3v) is 5.25. The summed E-state index contributed by atoms with van der Waals surface area (Å²) < 4.78 is 31.6. The van der Waals surface area contributed by atoms with E-state index in [0.717, 1.165) is 4.31 Å². The van der Waals surface area contributed by atoms with Crippen LogP contribution in [0, 0.1) is 0 Å². The second-order valence-electron chi connectivity index (χ2n) is 4.50. The molecule has 20 heavy (non-hydrogen) atoms. The van der Waals surface area contributed by atoms with Crippen molar-refractivity contribution < 1.29 is 17.9 Å². The van der Waals surface area contributed by atoms with Gasteiger partial charge in [-0.15, -0.1) is 0 Å². The van der Waals surface area contributed by atoms with Crippen molar-refractivity contribution >= 4 is 27.5 Å². The topological polar surface area (TPSA) is 89.7 Å². The number of carbonyl (C=O) groups excluding carboxylic acids is 1. The maximum atomic E-state index is 12.6. The fourth-order valence-electron chi connectivity index (χ4n) is 2.20. The monoisotopic (exact) mass is 318 g/mol. The Labute approximate surface area is 122 Å². The summed E-state index contributed by atoms with van der Waals surface area (Å²) in [4.78, 5) is 11.6. The standard InChI is InChI=1S/C12H15ClN2O4S/c1-8-11(12(14)16)15(5-6-19-8)20(17,18)10-4-2-3-9(13)7-10/h2-4,7-8,11H,5-6H2,1H3,(H2,14,16)/t8-,11+/m1/s1. The van der Waals surface area contributed by atoms with Crippen molar-refractivity contribution in [2.45, 2.75) is 24.0 Å². The molecule has 0 spiro atoms. The van der Waals surface area contributed by atoms with Crippen molar-refractivity contribution in [3.8, 4) is 0 Å². The average molecular weight is 319 g/mol. The van der Waals surface area contributed by atoms with Crippen LogP contribution in [0.5, 0.6) is 0 Å². The van der Waals surface area contributed by atoms with Crippen LogP contribution < -0.4 is 5.73 Å². The summed E-state index contributed by atoms with van der Waals surface area (Å²) in [5, 5.41) is 0.308. The molecule has 1 aromatic carbocycles. The second kappa shape index (κ2) is 5.69. The maximum Gasteiger partial charge on any atom is 0.244 e. The minimum Gasteiger partial charge on any atom is -0.375 e. The van der Waals surface area contributed by atoms with Crippen LogP contribution in [0.15, 0.2) is 29.2 Å². The van der Waals surface area contributed by atoms with Crippen molar-refractivity contribution in [1.82, 2.24) is 4.31 Å². The molecule has 0 radical (unpaired) electrons. The SMILES string of the molecule is C[C@H]1OCCN(S(=O)(=O)c2cccc(Cl)c2)[C@@H]1C(N)=O. The molecule has 1 fully saturated rings. The number of morpholine rings is 1. The van der Waals surface area contributed by atoms with Crippen LogP contribution in [0.25, 0.3) is 0 Å². The fourth-order valence-corrected chi connectivity index (χ4v) is 4.14. The molecule has 1 saturated heterocycles. The van der Waals surface area contributed by atoms with E-state index in [4.69, 9.17) is 22.1 Å². The number of amides is 1. The van der Waals surface area contributed by atoms with Crippen molar-refractivity contribution in [3.05, 3.63) is 29.3 Å². The van der Waals surface area contributed by atoms with Gasteiger partial charge in [0.25, 0.3) is 0 Å². The Kier molecular flexibility index (Phi) is 4.33. The van der Waals surface area contributed by atoms with E-state index in [2.05, 4.69) is 0 Å². The van der Waals surface area contributed by atoms with Crippen molar-refractivity contribution in [1.29, 1.82) is 0 Å². The molecular weight excluding hydrogens is 304 g/mol. The molecule has 1 aliphatic heterocycles. The van der Waals surface area contributed by atoms with Gasteiger partial charge < -0.3 is 10.5 Å². The molecule has 110 valence electrons. The van der Waals surface area contributed by atoms with Crippen LogP contribution in [-0.4, -0.2) is 43.9 Å². The zero-order valence-electron chi connectivity index (χ0n) is 10.8. The number of ether oxygens (including phenoxy) is 1. The highest BCUT2D eigenvalue weighted by Crippen LogP contribution is 2.25. The van der Waals surface area contributed by atoms with E-state index in [1.807, 2.05) is 0 Å². The van der Waals surface area contributed by atoms with Crippen molar-refractivity contribution in [2.24, 2.45) is 5.73 Å². The largest absolute Gasteiger partial charge is 0.375 e. The van der Waals surface area contributed by atoms with Gasteiger partial charge in [-0.3, -0.25) is 4.79 Å². The number of sulfonamides is 1. The molecular formula is C12H15ClN2O4S. The van der Waals surface area contributed by atoms with Gasteiger partial charge in [-0.25, -0.2) is 8.42 Å². The van der Waals surface area contributed by atoms with Crippen LogP contribution in [0.3, 0.4) is 0 Å². The molecule has 0 saturated carbocycles. The van der Waals surface area contributed by atoms with E-state index >= 15 is 0 Å². The third-order valence-electron chi connectivity index (χ3n) is 3.14. The third kappa shape index (κ3) is 2.80. The second-order valence-corrected chi connectivity index (χ2v) is 6.82. The summed E-state index contributed by atoms with van der Waals surface area (Å²) in [6.45, 7) is 1.91. The Morgan fingerprint density at radius 1 is 1.50 bits per heavy atom. The van der Waals surface area contributed by atoms with Crippen LogP contribution in [0.2, 0.25) is 5.02 Å². The lowest BCUT2D eigenvalue weighted by atomic mass is 10.1. The van der Waals surface area contributed by atoms with Crippen molar-refractivity contribution in [3.63, 3.8) is 0 Å². The van der Waals surface area contributed by atoms with Gasteiger partial charge >= 0.3 is 0 Å². The Morgan fingerprint density at radius 2 is 2.20 bits per heavy atom. The van der Waals surface area contributed by atoms with Gasteiger partial charge in [0.15, 0.2) is 0 Å². The molecule has 6 nitrogen and oxygen atoms in total. The highest BCUT2D eigenvalue weighted by Gasteiger charge is 2.41. The summed E-state index contributed by atoms with van der Waals surface area (Å²) in [5.41, 5.74) is 5.30. The zero-order chi connectivity index (χ0) is 14.9. The minimum atomic E-state index is -3.84. The lowest BCUT2D eigenvalue weighted by Gasteiger charge is -2.36. The van der Waals surface area contributed by atoms with E-state index in [9.17, 15) is 13.2 Å². The molecule has 1 aromatic rings. The van der Waals surface area contributed by atoms with Gasteiger partial charge in [0.05, 0.1) is 17.6 Å². The first-order valence-corrected chi connectivity index (χ1v) is 7.84. The van der Waals surface area contributed by atoms with Gasteiger partial charge in [-0.05, 0) is 25.1 Å². The highest BCUT2D eigenvalue weighted by molar-refractivity contribution is 7.89. The Morgan fingerprint density at radius 3 is 2.80 bits per heavy atom. The summed E-state index contributed by atoms with van der Waals surface area (Å²) in [5.74, 6) is -0.734. The van der Waals surface area contributed by atoms with Gasteiger partial charge in [0.2, 0.25) is 15.9 Å². The first kappa shape index (κ1) is 15.2. The van der Waals surface area contributed by atoms with E-state index in [1.54, 1.807) is 19.1 Å². The van der Waals surface area contributed by atoms with Gasteiger partial charge in [-0.1, -0.05) is 17.7 Å². The normalized spacial score (nSPS) is 24.5. The molecule has 0 aliphatic carbocycles. The predicted molar refractivity (Wildman–Crippen MR) is 73.7 cm³/mol. The van der Waals surface area contributed by atoms with Crippen LogP contribution >= 0.6 is 11.6 Å². The molecule has 0 unspecified atom stereocenters. The number of hydrogen-bond donors (Lipinski definition) is 1. The van der Waals surface area contributed by atoms with Crippen LogP contribution in [0.1, 0.15) is 6.92 Å². The number of nitrogens with two attached hydrogens (primary N) is 1. The molecule has 0 bridgehead atoms. The van der Waals surface area contributed by atoms with Crippen LogP contribution in [0.4, 0.5) is 0 Å². The van der Waals surface area contributed by atoms with E-state index in [1.165, 1.54) is 12.1 Å². The molecule has 1 heterocycles. The molecule has 1 aliphatic rings. The number of hydrogen-bond acceptors (Lipinski definition) is 4. The Balaban J connectivity index is 2.44. The van der Waals surface area contributed by atoms with E-state index in [-0.39, 0.29) is 18.0 Å². The number of carbonyl (C=O) groups is 1. The molecule has 0 aromatic heterocycles. The van der Waals surface area contributed by atoms with Gasteiger partial charge in [0, 0.05) is 11.6 Å². The van der Waals surface area contributed by atoms with Gasteiger partial charge in [-0.2, -0.15) is 4.31 Å². The van der Waals surface area contributed by atoms with Crippen molar-refractivity contribution in [2.75, 3.05) is 13.2 Å². The maximum absolute atomic E-state index is 12.6. The molecule has 2 N–H and O–H groups in total. The Hall–Kier alpha value is -1.15. The minimum absolute atomic E-state index is 0.0327. The lowest BCUT2D eigenvalue weighted by molar-refractivity contribution is -0.130. The number of rotatable bonds is 3. The quantitative estimate of drug-likeness (QED) is 0.884. The van der Waals surface area contributed by atoms with E-state index < -0.39 is 28.1 Å². The predicted octanol–water partition coefficient (Wildman–Crippen LogP) is 0.603. The lowest BCUT2D eigenvalue weighted by Crippen LogP contribution is -2.58. The first-order valence-electron chi connectivity index (χ1n) is 6.02. The van der Waals surface area contributed by atoms with Crippen LogP contribution in [-0.2, 0) is 19.6 Å². The number of nitrogens with zero attached hydrogens (tertiary/aromatic N) is 1. The number of primary amides is 1. The number of benzene rings is 1. The van der Waals surface area contributed by atoms with Gasteiger partial charge in [0.1, 0.15) is 6.04 Å².